The summed E-state index contributed by atoms with van der Waals surface area (Å²) in [6.45, 7) is 2.50. The van der Waals surface area contributed by atoms with Crippen LogP contribution >= 0.6 is 11.5 Å². The fourth-order valence-electron chi connectivity index (χ4n) is 3.58. The summed E-state index contributed by atoms with van der Waals surface area (Å²) in [5, 5.41) is 8.66. The van der Waals surface area contributed by atoms with Crippen LogP contribution in [0, 0.1) is 6.92 Å². The number of nitrogens with zero attached hydrogens (tertiary/aromatic N) is 3. The number of carbonyl (C=O) groups is 1. The average Bonchev–Trinajstić information content (AvgIpc) is 3.36. The molecule has 3 heterocycles. The lowest BCUT2D eigenvalue weighted by Gasteiger charge is -2.17. The number of aromatic nitrogens is 2. The minimum Gasteiger partial charge on any atom is -0.355 e. The second-order valence-corrected chi connectivity index (χ2v) is 7.82. The molecule has 0 atom stereocenters. The second-order valence-electron chi connectivity index (χ2n) is 7.16. The average molecular weight is 414 g/mol. The van der Waals surface area contributed by atoms with Crippen LogP contribution in [0.25, 0.3) is 0 Å². The molecule has 2 aromatic heterocycles. The van der Waals surface area contributed by atoms with Gasteiger partial charge in [-0.15, -0.1) is 0 Å². The first-order valence-corrected chi connectivity index (χ1v) is 10.4. The normalized spacial score (nSPS) is 12.7. The predicted molar refractivity (Wildman–Crippen MR) is 121 cm³/mol. The van der Waals surface area contributed by atoms with Gasteiger partial charge in [-0.3, -0.25) is 9.78 Å². The van der Waals surface area contributed by atoms with Crippen molar-refractivity contribution in [3.8, 4) is 0 Å². The van der Waals surface area contributed by atoms with Gasteiger partial charge in [0.1, 0.15) is 0 Å². The number of benzene rings is 2. The third kappa shape index (κ3) is 3.62. The van der Waals surface area contributed by atoms with Crippen molar-refractivity contribution in [3.05, 3.63) is 89.2 Å². The molecule has 4 aromatic rings. The third-order valence-corrected chi connectivity index (χ3v) is 5.56. The van der Waals surface area contributed by atoms with Gasteiger partial charge in [0.25, 0.3) is 5.91 Å². The molecule has 0 radical (unpaired) electrons. The number of pyridine rings is 1. The van der Waals surface area contributed by atoms with Gasteiger partial charge in [0.05, 0.1) is 18.4 Å². The monoisotopic (exact) mass is 413 g/mol. The van der Waals surface area contributed by atoms with E-state index in [0.29, 0.717) is 6.54 Å². The molecule has 1 aliphatic heterocycles. The van der Waals surface area contributed by atoms with Crippen LogP contribution < -0.4 is 15.5 Å². The van der Waals surface area contributed by atoms with Gasteiger partial charge in [-0.1, -0.05) is 6.07 Å². The number of amides is 1. The summed E-state index contributed by atoms with van der Waals surface area (Å²) < 4.78 is 4.11. The van der Waals surface area contributed by atoms with E-state index in [9.17, 15) is 4.79 Å². The molecule has 2 N–H and O–H groups in total. The number of aryl methyl sites for hydroxylation is 1. The minimum absolute atomic E-state index is 0.0191. The van der Waals surface area contributed by atoms with Crippen molar-refractivity contribution in [2.24, 2.45) is 0 Å². The second kappa shape index (κ2) is 7.61. The first-order valence-electron chi connectivity index (χ1n) is 9.57. The Balaban J connectivity index is 1.37. The molecule has 0 bridgehead atoms. The van der Waals surface area contributed by atoms with Crippen LogP contribution in [-0.4, -0.2) is 15.3 Å². The van der Waals surface area contributed by atoms with Crippen molar-refractivity contribution in [1.29, 1.82) is 0 Å². The van der Waals surface area contributed by atoms with Gasteiger partial charge in [-0.25, -0.2) is 0 Å². The molecular weight excluding hydrogens is 394 g/mol. The Morgan fingerprint density at radius 3 is 2.63 bits per heavy atom. The van der Waals surface area contributed by atoms with Crippen molar-refractivity contribution >= 4 is 45.9 Å². The highest BCUT2D eigenvalue weighted by Gasteiger charge is 2.28. The summed E-state index contributed by atoms with van der Waals surface area (Å²) in [5.74, 6) is 0.0191. The van der Waals surface area contributed by atoms with Crippen LogP contribution in [0.2, 0.25) is 0 Å². The van der Waals surface area contributed by atoms with Gasteiger partial charge >= 0.3 is 0 Å². The Bertz CT molecular complexity index is 1220. The lowest BCUT2D eigenvalue weighted by Crippen LogP contribution is -2.22. The van der Waals surface area contributed by atoms with E-state index >= 15 is 0 Å². The van der Waals surface area contributed by atoms with Crippen molar-refractivity contribution < 1.29 is 4.79 Å². The van der Waals surface area contributed by atoms with E-state index in [1.165, 1.54) is 11.5 Å². The number of rotatable bonds is 5. The van der Waals surface area contributed by atoms with E-state index in [1.54, 1.807) is 12.4 Å². The minimum atomic E-state index is 0.0191. The number of anilines is 5. The Morgan fingerprint density at radius 2 is 1.80 bits per heavy atom. The van der Waals surface area contributed by atoms with Crippen LogP contribution in [0.4, 0.5) is 28.4 Å². The fourth-order valence-corrected chi connectivity index (χ4v) is 4.05. The standard InChI is InChI=1S/C23H19N5OS/c1-15-9-19(7-8-24-15)26-18-5-6-22-16(10-18)13-28(23(22)29)21-4-2-3-17(11-21)27-20-12-25-30-14-20/h2-12,14,27H,13H2,1H3,(H,24,26). The summed E-state index contributed by atoms with van der Waals surface area (Å²) >= 11 is 1.40. The van der Waals surface area contributed by atoms with Crippen LogP contribution in [0.3, 0.4) is 0 Å². The first-order chi connectivity index (χ1) is 14.7. The Labute approximate surface area is 178 Å². The van der Waals surface area contributed by atoms with Crippen molar-refractivity contribution in [1.82, 2.24) is 9.36 Å². The number of hydrogen-bond acceptors (Lipinski definition) is 6. The molecule has 1 aliphatic rings. The molecular formula is C23H19N5OS. The maximum absolute atomic E-state index is 13.0. The lowest BCUT2D eigenvalue weighted by atomic mass is 10.1. The zero-order chi connectivity index (χ0) is 20.5. The number of fused-ring (bicyclic) bond motifs is 1. The molecule has 148 valence electrons. The predicted octanol–water partition coefficient (Wildman–Crippen LogP) is 5.49. The molecule has 0 saturated carbocycles. The number of nitrogens with one attached hydrogen (secondary N) is 2. The largest absolute Gasteiger partial charge is 0.355 e. The summed E-state index contributed by atoms with van der Waals surface area (Å²) in [6, 6.07) is 17.7. The molecule has 0 fully saturated rings. The Morgan fingerprint density at radius 1 is 0.967 bits per heavy atom. The third-order valence-electron chi connectivity index (χ3n) is 4.97. The zero-order valence-electron chi connectivity index (χ0n) is 16.3. The molecule has 2 aromatic carbocycles. The summed E-state index contributed by atoms with van der Waals surface area (Å²) in [5.41, 5.74) is 7.36. The Kier molecular flexibility index (Phi) is 4.65. The molecule has 0 saturated heterocycles. The lowest BCUT2D eigenvalue weighted by molar-refractivity contribution is 0.0996. The quantitative estimate of drug-likeness (QED) is 0.452. The molecule has 1 amide bonds. The van der Waals surface area contributed by atoms with E-state index in [2.05, 4.69) is 20.0 Å². The molecule has 0 spiro atoms. The smallest absolute Gasteiger partial charge is 0.258 e. The number of carbonyl (C=O) groups excluding carboxylic acids is 1. The van der Waals surface area contributed by atoms with Gasteiger partial charge in [-0.05, 0) is 72.6 Å². The number of hydrogen-bond donors (Lipinski definition) is 2. The van der Waals surface area contributed by atoms with E-state index in [4.69, 9.17) is 0 Å². The molecule has 30 heavy (non-hydrogen) atoms. The summed E-state index contributed by atoms with van der Waals surface area (Å²) in [4.78, 5) is 19.0. The van der Waals surface area contributed by atoms with Gasteiger partial charge in [-0.2, -0.15) is 4.37 Å². The topological polar surface area (TPSA) is 70.2 Å². The van der Waals surface area contributed by atoms with E-state index in [1.807, 2.05) is 71.8 Å². The van der Waals surface area contributed by atoms with Crippen LogP contribution in [-0.2, 0) is 6.54 Å². The zero-order valence-corrected chi connectivity index (χ0v) is 17.1. The first kappa shape index (κ1) is 18.3. The van der Waals surface area contributed by atoms with Gasteiger partial charge in [0.15, 0.2) is 0 Å². The van der Waals surface area contributed by atoms with Gasteiger partial charge in [0.2, 0.25) is 0 Å². The van der Waals surface area contributed by atoms with Crippen LogP contribution in [0.1, 0.15) is 21.6 Å². The summed E-state index contributed by atoms with van der Waals surface area (Å²) in [6.07, 6.45) is 3.57. The van der Waals surface area contributed by atoms with E-state index in [-0.39, 0.29) is 5.91 Å². The molecule has 0 aliphatic carbocycles. The van der Waals surface area contributed by atoms with Crippen LogP contribution in [0.5, 0.6) is 0 Å². The molecule has 0 unspecified atom stereocenters. The highest BCUT2D eigenvalue weighted by molar-refractivity contribution is 7.04. The van der Waals surface area contributed by atoms with Crippen molar-refractivity contribution in [2.45, 2.75) is 13.5 Å². The van der Waals surface area contributed by atoms with Gasteiger partial charge in [0, 0.05) is 45.6 Å². The molecule has 7 heteroatoms. The fraction of sp³-hybridized carbons (Fsp3) is 0.0870. The highest BCUT2D eigenvalue weighted by atomic mass is 32.1. The maximum Gasteiger partial charge on any atom is 0.258 e. The maximum atomic E-state index is 13.0. The molecule has 5 rings (SSSR count). The van der Waals surface area contributed by atoms with Crippen LogP contribution in [0.15, 0.2) is 72.4 Å². The van der Waals surface area contributed by atoms with Crippen molar-refractivity contribution in [2.75, 3.05) is 15.5 Å². The summed E-state index contributed by atoms with van der Waals surface area (Å²) in [7, 11) is 0. The SMILES string of the molecule is Cc1cc(Nc2ccc3c(c2)CN(c2cccc(Nc4cnsc4)c2)C3=O)ccn1. The van der Waals surface area contributed by atoms with E-state index < -0.39 is 0 Å². The van der Waals surface area contributed by atoms with Crippen molar-refractivity contribution in [3.63, 3.8) is 0 Å². The highest BCUT2D eigenvalue weighted by Crippen LogP contribution is 2.32. The van der Waals surface area contributed by atoms with E-state index in [0.717, 1.165) is 45.3 Å². The molecule has 6 nitrogen and oxygen atoms in total. The Hall–Kier alpha value is -3.71. The van der Waals surface area contributed by atoms with Gasteiger partial charge < -0.3 is 15.5 Å².